The van der Waals surface area contributed by atoms with Gasteiger partial charge in [0.05, 0.1) is 12.7 Å². The molecule has 1 aromatic carbocycles. The van der Waals surface area contributed by atoms with Crippen molar-refractivity contribution in [3.63, 3.8) is 0 Å². The van der Waals surface area contributed by atoms with Gasteiger partial charge in [0.15, 0.2) is 0 Å². The zero-order chi connectivity index (χ0) is 12.8. The molecule has 0 atom stereocenters. The van der Waals surface area contributed by atoms with Crippen LogP contribution in [0.4, 0.5) is 0 Å². The monoisotopic (exact) mass is 276 g/mol. The van der Waals surface area contributed by atoms with Crippen molar-refractivity contribution in [1.29, 1.82) is 0 Å². The van der Waals surface area contributed by atoms with E-state index in [2.05, 4.69) is 0 Å². The lowest BCUT2D eigenvalue weighted by Gasteiger charge is -2.03. The first-order chi connectivity index (χ1) is 8.81. The van der Waals surface area contributed by atoms with Crippen LogP contribution in [0, 0.1) is 0 Å². The second-order valence-electron chi connectivity index (χ2n) is 3.47. The predicted octanol–water partition coefficient (Wildman–Crippen LogP) is 4.05. The van der Waals surface area contributed by atoms with E-state index in [0.29, 0.717) is 5.57 Å². The van der Waals surface area contributed by atoms with Crippen LogP contribution in [-0.4, -0.2) is 13.1 Å². The van der Waals surface area contributed by atoms with E-state index in [1.807, 2.05) is 52.6 Å². The smallest absolute Gasteiger partial charge is 0.339 e. The zero-order valence-corrected chi connectivity index (χ0v) is 11.5. The first-order valence-corrected chi connectivity index (χ1v) is 7.16. The summed E-state index contributed by atoms with van der Waals surface area (Å²) in [6.07, 6.45) is 0. The number of carbonyl (C=O) groups is 1. The number of hydrogen-bond donors (Lipinski definition) is 0. The molecule has 0 saturated heterocycles. The van der Waals surface area contributed by atoms with Crippen molar-refractivity contribution in [1.82, 2.24) is 0 Å². The van der Waals surface area contributed by atoms with Crippen LogP contribution in [0.2, 0.25) is 0 Å². The van der Waals surface area contributed by atoms with Crippen molar-refractivity contribution in [3.05, 3.63) is 58.1 Å². The zero-order valence-electron chi connectivity index (χ0n) is 9.83. The molecule has 0 aliphatic rings. The lowest BCUT2D eigenvalue weighted by Crippen LogP contribution is -2.02. The lowest BCUT2D eigenvalue weighted by atomic mass is 10.2. The normalized spacial score (nSPS) is 11.3. The highest BCUT2D eigenvalue weighted by atomic mass is 32.2. The molecule has 2 rings (SSSR count). The van der Waals surface area contributed by atoms with E-state index < -0.39 is 0 Å². The number of thiophene rings is 1. The minimum absolute atomic E-state index is 0.308. The molecule has 0 radical (unpaired) electrons. The fraction of sp³-hybridized carbons (Fsp3) is 0.0714. The van der Waals surface area contributed by atoms with E-state index in [9.17, 15) is 4.79 Å². The molecule has 0 unspecified atom stereocenters. The average molecular weight is 276 g/mol. The fourth-order valence-corrected chi connectivity index (χ4v) is 2.84. The number of rotatable bonds is 4. The predicted molar refractivity (Wildman–Crippen MR) is 76.6 cm³/mol. The third-order valence-corrected chi connectivity index (χ3v) is 3.87. The second kappa shape index (κ2) is 6.42. The van der Waals surface area contributed by atoms with Gasteiger partial charge in [0.25, 0.3) is 0 Å². The van der Waals surface area contributed by atoms with Gasteiger partial charge in [-0.05, 0) is 34.4 Å². The molecule has 18 heavy (non-hydrogen) atoms. The van der Waals surface area contributed by atoms with Crippen molar-refractivity contribution < 1.29 is 9.53 Å². The van der Waals surface area contributed by atoms with Crippen LogP contribution in [0.5, 0.6) is 0 Å². The van der Waals surface area contributed by atoms with Gasteiger partial charge >= 0.3 is 5.97 Å². The SMILES string of the molecule is COC(=O)/C(=C/Sc1ccccc1)c1ccsc1. The minimum atomic E-state index is -0.308. The van der Waals surface area contributed by atoms with Crippen LogP contribution in [0.25, 0.3) is 5.57 Å². The quantitative estimate of drug-likeness (QED) is 0.478. The number of benzene rings is 1. The summed E-state index contributed by atoms with van der Waals surface area (Å²) < 4.78 is 4.81. The highest BCUT2D eigenvalue weighted by Crippen LogP contribution is 2.26. The van der Waals surface area contributed by atoms with E-state index >= 15 is 0 Å². The lowest BCUT2D eigenvalue weighted by molar-refractivity contribution is -0.133. The molecule has 4 heteroatoms. The maximum absolute atomic E-state index is 11.7. The molecule has 2 aromatic rings. The number of carbonyl (C=O) groups excluding carboxylic acids is 1. The van der Waals surface area contributed by atoms with Gasteiger partial charge in [-0.3, -0.25) is 0 Å². The molecule has 0 aliphatic carbocycles. The van der Waals surface area contributed by atoms with Crippen LogP contribution >= 0.6 is 23.1 Å². The Morgan fingerprint density at radius 2 is 2.06 bits per heavy atom. The Morgan fingerprint density at radius 3 is 2.67 bits per heavy atom. The third-order valence-electron chi connectivity index (χ3n) is 2.29. The van der Waals surface area contributed by atoms with Crippen LogP contribution in [0.3, 0.4) is 0 Å². The molecule has 2 nitrogen and oxygen atoms in total. The molecule has 1 aromatic heterocycles. The van der Waals surface area contributed by atoms with Gasteiger partial charge in [-0.1, -0.05) is 30.0 Å². The molecule has 0 N–H and O–H groups in total. The van der Waals surface area contributed by atoms with Crippen molar-refractivity contribution in [2.75, 3.05) is 7.11 Å². The second-order valence-corrected chi connectivity index (χ2v) is 5.19. The average Bonchev–Trinajstić information content (AvgIpc) is 2.94. The van der Waals surface area contributed by atoms with Gasteiger partial charge in [-0.15, -0.1) is 0 Å². The van der Waals surface area contributed by atoms with Gasteiger partial charge in [0, 0.05) is 10.5 Å². The largest absolute Gasteiger partial charge is 0.465 e. The Hall–Kier alpha value is -1.52. The van der Waals surface area contributed by atoms with E-state index in [4.69, 9.17) is 4.74 Å². The summed E-state index contributed by atoms with van der Waals surface area (Å²) in [6.45, 7) is 0. The highest BCUT2D eigenvalue weighted by Gasteiger charge is 2.12. The Kier molecular flexibility index (Phi) is 4.61. The van der Waals surface area contributed by atoms with Gasteiger partial charge in [0.2, 0.25) is 0 Å². The van der Waals surface area contributed by atoms with Crippen molar-refractivity contribution >= 4 is 34.6 Å². The maximum Gasteiger partial charge on any atom is 0.339 e. The molecule has 0 amide bonds. The minimum Gasteiger partial charge on any atom is -0.465 e. The van der Waals surface area contributed by atoms with Gasteiger partial charge in [-0.2, -0.15) is 11.3 Å². The topological polar surface area (TPSA) is 26.3 Å². The van der Waals surface area contributed by atoms with E-state index in [-0.39, 0.29) is 5.97 Å². The van der Waals surface area contributed by atoms with E-state index in [0.717, 1.165) is 10.5 Å². The number of thioether (sulfide) groups is 1. The Balaban J connectivity index is 2.22. The Labute approximate surface area is 114 Å². The molecule has 0 fully saturated rings. The Morgan fingerprint density at radius 1 is 1.28 bits per heavy atom. The first-order valence-electron chi connectivity index (χ1n) is 5.34. The summed E-state index contributed by atoms with van der Waals surface area (Å²) in [6, 6.07) is 11.8. The molecular weight excluding hydrogens is 264 g/mol. The summed E-state index contributed by atoms with van der Waals surface area (Å²) >= 11 is 3.07. The number of hydrogen-bond acceptors (Lipinski definition) is 4. The summed E-state index contributed by atoms with van der Waals surface area (Å²) in [5.41, 5.74) is 1.49. The Bertz CT molecular complexity index is 530. The van der Waals surface area contributed by atoms with Crippen molar-refractivity contribution in [3.8, 4) is 0 Å². The van der Waals surface area contributed by atoms with E-state index in [1.165, 1.54) is 18.9 Å². The highest BCUT2D eigenvalue weighted by molar-refractivity contribution is 8.02. The number of methoxy groups -OCH3 is 1. The van der Waals surface area contributed by atoms with Gasteiger partial charge in [-0.25, -0.2) is 4.79 Å². The van der Waals surface area contributed by atoms with Crippen LogP contribution < -0.4 is 0 Å². The van der Waals surface area contributed by atoms with Crippen LogP contribution in [0.15, 0.2) is 57.5 Å². The number of ether oxygens (including phenoxy) is 1. The summed E-state index contributed by atoms with van der Waals surface area (Å²) in [7, 11) is 1.40. The number of esters is 1. The maximum atomic E-state index is 11.7. The molecule has 92 valence electrons. The molecule has 0 bridgehead atoms. The molecular formula is C14H12O2S2. The molecule has 0 spiro atoms. The molecule has 0 saturated carbocycles. The fourth-order valence-electron chi connectivity index (χ4n) is 1.39. The van der Waals surface area contributed by atoms with E-state index in [1.54, 1.807) is 11.3 Å². The van der Waals surface area contributed by atoms with Crippen LogP contribution in [-0.2, 0) is 9.53 Å². The van der Waals surface area contributed by atoms with Gasteiger partial charge < -0.3 is 4.74 Å². The standard InChI is InChI=1S/C14H12O2S2/c1-16-14(15)13(11-7-8-17-9-11)10-18-12-5-3-2-4-6-12/h2-10H,1H3/b13-10+. The third kappa shape index (κ3) is 3.24. The summed E-state index contributed by atoms with van der Waals surface area (Å²) in [5, 5.41) is 5.72. The molecule has 0 aliphatic heterocycles. The summed E-state index contributed by atoms with van der Waals surface area (Å²) in [5.74, 6) is -0.308. The van der Waals surface area contributed by atoms with Gasteiger partial charge in [0.1, 0.15) is 0 Å². The first kappa shape index (κ1) is 12.9. The van der Waals surface area contributed by atoms with Crippen molar-refractivity contribution in [2.24, 2.45) is 0 Å². The summed E-state index contributed by atoms with van der Waals surface area (Å²) in [4.78, 5) is 12.8. The van der Waals surface area contributed by atoms with Crippen LogP contribution in [0.1, 0.15) is 5.56 Å². The van der Waals surface area contributed by atoms with Crippen molar-refractivity contribution in [2.45, 2.75) is 4.90 Å². The molecule has 1 heterocycles.